The summed E-state index contributed by atoms with van der Waals surface area (Å²) in [6.07, 6.45) is 0. The van der Waals surface area contributed by atoms with Crippen molar-refractivity contribution in [3.63, 3.8) is 0 Å². The van der Waals surface area contributed by atoms with Gasteiger partial charge in [-0.2, -0.15) is 0 Å². The fraction of sp³-hybridized carbons (Fsp3) is 0.167. The van der Waals surface area contributed by atoms with E-state index in [1.807, 2.05) is 6.07 Å². The maximum absolute atomic E-state index is 11.9. The van der Waals surface area contributed by atoms with E-state index in [2.05, 4.69) is 0 Å². The second-order valence-electron chi connectivity index (χ2n) is 3.41. The summed E-state index contributed by atoms with van der Waals surface area (Å²) in [5, 5.41) is 0.0121. The van der Waals surface area contributed by atoms with Crippen LogP contribution in [0.25, 0.3) is 5.57 Å². The summed E-state index contributed by atoms with van der Waals surface area (Å²) >= 11 is 5.90. The lowest BCUT2D eigenvalue weighted by Gasteiger charge is -2.10. The Morgan fingerprint density at radius 1 is 1.12 bits per heavy atom. The van der Waals surface area contributed by atoms with Crippen molar-refractivity contribution in [1.29, 1.82) is 0 Å². The van der Waals surface area contributed by atoms with Gasteiger partial charge in [-0.1, -0.05) is 41.9 Å². The summed E-state index contributed by atoms with van der Waals surface area (Å²) in [4.78, 5) is 24.7. The van der Waals surface area contributed by atoms with Crippen LogP contribution in [0.15, 0.2) is 35.4 Å². The van der Waals surface area contributed by atoms with Crippen LogP contribution in [0.1, 0.15) is 12.5 Å². The van der Waals surface area contributed by atoms with E-state index >= 15 is 0 Å². The van der Waals surface area contributed by atoms with Crippen LogP contribution in [0, 0.1) is 0 Å². The molecule has 1 aliphatic heterocycles. The molecule has 0 bridgehead atoms. The minimum absolute atomic E-state index is 0.0121. The zero-order chi connectivity index (χ0) is 11.7. The third-order valence-electron chi connectivity index (χ3n) is 2.49. The van der Waals surface area contributed by atoms with Crippen molar-refractivity contribution in [2.45, 2.75) is 6.92 Å². The molecule has 0 saturated heterocycles. The molecule has 2 rings (SSSR count). The van der Waals surface area contributed by atoms with E-state index in [0.717, 1.165) is 4.90 Å². The Hall–Kier alpha value is -1.61. The van der Waals surface area contributed by atoms with Gasteiger partial charge in [0, 0.05) is 6.54 Å². The van der Waals surface area contributed by atoms with E-state index in [-0.39, 0.29) is 10.9 Å². The smallest absolute Gasteiger partial charge is 0.273 e. The number of carbonyl (C=O) groups is 2. The van der Waals surface area contributed by atoms with Gasteiger partial charge in [-0.05, 0) is 12.5 Å². The first kappa shape index (κ1) is 10.9. The monoisotopic (exact) mass is 235 g/mol. The maximum Gasteiger partial charge on any atom is 0.273 e. The molecule has 0 spiro atoms. The van der Waals surface area contributed by atoms with Gasteiger partial charge in [0.2, 0.25) is 0 Å². The number of rotatable bonds is 2. The molecule has 1 heterocycles. The van der Waals surface area contributed by atoms with Crippen molar-refractivity contribution in [3.8, 4) is 0 Å². The predicted octanol–water partition coefficient (Wildman–Crippen LogP) is 2.03. The quantitative estimate of drug-likeness (QED) is 0.736. The number of imide groups is 1. The van der Waals surface area contributed by atoms with Crippen LogP contribution < -0.4 is 0 Å². The standard InChI is InChI=1S/C12H10ClNO2/c1-2-14-11(15)9(10(13)12(14)16)8-6-4-3-5-7-8/h3-7H,2H2,1H3. The molecule has 0 radical (unpaired) electrons. The number of hydrogen-bond donors (Lipinski definition) is 0. The number of likely N-dealkylation sites (N-methyl/N-ethyl adjacent to an activating group) is 1. The highest BCUT2D eigenvalue weighted by molar-refractivity contribution is 6.55. The van der Waals surface area contributed by atoms with Gasteiger partial charge >= 0.3 is 0 Å². The molecule has 0 saturated carbocycles. The summed E-state index contributed by atoms with van der Waals surface area (Å²) in [5.41, 5.74) is 0.982. The lowest BCUT2D eigenvalue weighted by atomic mass is 10.1. The topological polar surface area (TPSA) is 37.4 Å². The van der Waals surface area contributed by atoms with Gasteiger partial charge in [-0.3, -0.25) is 14.5 Å². The van der Waals surface area contributed by atoms with Gasteiger partial charge in [0.15, 0.2) is 0 Å². The normalized spacial score (nSPS) is 16.2. The maximum atomic E-state index is 11.9. The molecule has 2 amide bonds. The first-order valence-electron chi connectivity index (χ1n) is 4.98. The highest BCUT2D eigenvalue weighted by Gasteiger charge is 2.36. The van der Waals surface area contributed by atoms with Crippen LogP contribution >= 0.6 is 11.6 Å². The third-order valence-corrected chi connectivity index (χ3v) is 2.84. The van der Waals surface area contributed by atoms with Gasteiger partial charge in [0.1, 0.15) is 5.03 Å². The molecule has 0 N–H and O–H groups in total. The van der Waals surface area contributed by atoms with Crippen LogP contribution in [-0.4, -0.2) is 23.3 Å². The average Bonchev–Trinajstić information content (AvgIpc) is 2.51. The van der Waals surface area contributed by atoms with Gasteiger partial charge in [0.05, 0.1) is 5.57 Å². The zero-order valence-electron chi connectivity index (χ0n) is 8.74. The summed E-state index contributed by atoms with van der Waals surface area (Å²) < 4.78 is 0. The van der Waals surface area contributed by atoms with Gasteiger partial charge in [-0.15, -0.1) is 0 Å². The predicted molar refractivity (Wildman–Crippen MR) is 61.6 cm³/mol. The Bertz CT molecular complexity index is 479. The number of hydrogen-bond acceptors (Lipinski definition) is 2. The van der Waals surface area contributed by atoms with Crippen molar-refractivity contribution in [2.24, 2.45) is 0 Å². The first-order valence-corrected chi connectivity index (χ1v) is 5.36. The number of carbonyl (C=O) groups excluding carboxylic acids is 2. The van der Waals surface area contributed by atoms with E-state index < -0.39 is 5.91 Å². The molecule has 82 valence electrons. The van der Waals surface area contributed by atoms with Gasteiger partial charge in [0.25, 0.3) is 11.8 Å². The van der Waals surface area contributed by atoms with Crippen molar-refractivity contribution < 1.29 is 9.59 Å². The SMILES string of the molecule is CCN1C(=O)C(Cl)=C(c2ccccc2)C1=O. The molecule has 4 heteroatoms. The highest BCUT2D eigenvalue weighted by Crippen LogP contribution is 2.31. The number of benzene rings is 1. The van der Waals surface area contributed by atoms with Gasteiger partial charge < -0.3 is 0 Å². The van der Waals surface area contributed by atoms with Crippen LogP contribution in [0.5, 0.6) is 0 Å². The number of nitrogens with zero attached hydrogens (tertiary/aromatic N) is 1. The molecule has 3 nitrogen and oxygen atoms in total. The molecule has 1 aromatic rings. The molecule has 0 aromatic heterocycles. The van der Waals surface area contributed by atoms with E-state index in [0.29, 0.717) is 17.7 Å². The summed E-state index contributed by atoms with van der Waals surface area (Å²) in [6.45, 7) is 2.08. The molecular formula is C12H10ClNO2. The van der Waals surface area contributed by atoms with Crippen molar-refractivity contribution >= 4 is 29.0 Å². The summed E-state index contributed by atoms with van der Waals surface area (Å²) in [7, 11) is 0. The van der Waals surface area contributed by atoms with Crippen LogP contribution in [0.4, 0.5) is 0 Å². The molecule has 0 unspecified atom stereocenters. The Labute approximate surface area is 98.3 Å². The third kappa shape index (κ3) is 1.53. The molecule has 0 aliphatic carbocycles. The molecule has 1 aliphatic rings. The Morgan fingerprint density at radius 2 is 1.75 bits per heavy atom. The Morgan fingerprint density at radius 3 is 2.25 bits per heavy atom. The minimum Gasteiger partial charge on any atom is -0.274 e. The van der Waals surface area contributed by atoms with Crippen molar-refractivity contribution in [3.05, 3.63) is 40.9 Å². The number of halogens is 1. The molecule has 0 atom stereocenters. The fourth-order valence-corrected chi connectivity index (χ4v) is 1.98. The van der Waals surface area contributed by atoms with Crippen molar-refractivity contribution in [1.82, 2.24) is 4.90 Å². The molecule has 1 aromatic carbocycles. The van der Waals surface area contributed by atoms with Crippen LogP contribution in [0.3, 0.4) is 0 Å². The van der Waals surface area contributed by atoms with E-state index in [1.165, 1.54) is 0 Å². The largest absolute Gasteiger partial charge is 0.274 e. The van der Waals surface area contributed by atoms with E-state index in [9.17, 15) is 9.59 Å². The van der Waals surface area contributed by atoms with Crippen molar-refractivity contribution in [2.75, 3.05) is 6.54 Å². The zero-order valence-corrected chi connectivity index (χ0v) is 9.49. The number of amides is 2. The molecule has 16 heavy (non-hydrogen) atoms. The molecule has 0 fully saturated rings. The fourth-order valence-electron chi connectivity index (χ4n) is 1.69. The van der Waals surface area contributed by atoms with Gasteiger partial charge in [-0.25, -0.2) is 0 Å². The summed E-state index contributed by atoms with van der Waals surface area (Å²) in [6, 6.07) is 8.98. The average molecular weight is 236 g/mol. The summed E-state index contributed by atoms with van der Waals surface area (Å²) in [5.74, 6) is -0.725. The molecular weight excluding hydrogens is 226 g/mol. The van der Waals surface area contributed by atoms with Crippen LogP contribution in [-0.2, 0) is 9.59 Å². The van der Waals surface area contributed by atoms with E-state index in [1.54, 1.807) is 31.2 Å². The second kappa shape index (κ2) is 4.10. The minimum atomic E-state index is -0.409. The second-order valence-corrected chi connectivity index (χ2v) is 3.79. The Kier molecular flexibility index (Phi) is 2.79. The highest BCUT2D eigenvalue weighted by atomic mass is 35.5. The Balaban J connectivity index is 2.50. The lowest BCUT2D eigenvalue weighted by molar-refractivity contribution is -0.136. The first-order chi connectivity index (χ1) is 7.66. The lowest BCUT2D eigenvalue weighted by Crippen LogP contribution is -2.30. The van der Waals surface area contributed by atoms with Crippen LogP contribution in [0.2, 0.25) is 0 Å². The van der Waals surface area contributed by atoms with E-state index in [4.69, 9.17) is 11.6 Å².